The van der Waals surface area contributed by atoms with Gasteiger partial charge in [0.2, 0.25) is 0 Å². The van der Waals surface area contributed by atoms with E-state index < -0.39 is 0 Å². The van der Waals surface area contributed by atoms with Crippen molar-refractivity contribution in [3.05, 3.63) is 29.0 Å². The fourth-order valence-electron chi connectivity index (χ4n) is 2.01. The van der Waals surface area contributed by atoms with Crippen LogP contribution in [-0.4, -0.2) is 42.0 Å². The zero-order chi connectivity index (χ0) is 12.3. The molecule has 0 radical (unpaired) electrons. The molecule has 2 rings (SSSR count). The Morgan fingerprint density at radius 1 is 1.59 bits per heavy atom. The van der Waals surface area contributed by atoms with E-state index in [0.29, 0.717) is 10.7 Å². The third kappa shape index (κ3) is 2.96. The largest absolute Gasteiger partial charge is 0.336 e. The Morgan fingerprint density at radius 2 is 2.41 bits per heavy atom. The van der Waals surface area contributed by atoms with E-state index in [9.17, 15) is 4.79 Å². The molecule has 1 N–H and O–H groups in total. The Balaban J connectivity index is 2.05. The summed E-state index contributed by atoms with van der Waals surface area (Å²) in [5.74, 6) is -0.0460. The van der Waals surface area contributed by atoms with Crippen molar-refractivity contribution in [2.75, 3.05) is 20.1 Å². The van der Waals surface area contributed by atoms with E-state index in [0.717, 1.165) is 25.9 Å². The normalized spacial score (nSPS) is 20.0. The summed E-state index contributed by atoms with van der Waals surface area (Å²) in [6, 6.07) is 3.61. The lowest BCUT2D eigenvalue weighted by Gasteiger charge is -2.31. The molecule has 17 heavy (non-hydrogen) atoms. The van der Waals surface area contributed by atoms with E-state index in [1.54, 1.807) is 17.0 Å². The van der Waals surface area contributed by atoms with Crippen LogP contribution in [0.15, 0.2) is 18.3 Å². The molecular formula is C12H16ClN3O. The molecule has 1 atom stereocenters. The highest BCUT2D eigenvalue weighted by atomic mass is 35.5. The zero-order valence-electron chi connectivity index (χ0n) is 9.82. The SMILES string of the molecule is CN(C(=O)c1ccc(Cl)cn1)C1CCCNC1. The number of carbonyl (C=O) groups is 1. The Kier molecular flexibility index (Phi) is 3.97. The van der Waals surface area contributed by atoms with Crippen molar-refractivity contribution in [1.82, 2.24) is 15.2 Å². The quantitative estimate of drug-likeness (QED) is 0.870. The molecule has 0 aliphatic carbocycles. The number of nitrogens with zero attached hydrogens (tertiary/aromatic N) is 2. The summed E-state index contributed by atoms with van der Waals surface area (Å²) in [5, 5.41) is 3.84. The predicted molar refractivity (Wildman–Crippen MR) is 67.2 cm³/mol. The van der Waals surface area contributed by atoms with Crippen LogP contribution in [0.3, 0.4) is 0 Å². The van der Waals surface area contributed by atoms with Crippen molar-refractivity contribution in [2.24, 2.45) is 0 Å². The van der Waals surface area contributed by atoms with Crippen LogP contribution in [-0.2, 0) is 0 Å². The number of halogens is 1. The second-order valence-electron chi connectivity index (χ2n) is 4.28. The van der Waals surface area contributed by atoms with Gasteiger partial charge < -0.3 is 10.2 Å². The minimum Gasteiger partial charge on any atom is -0.336 e. The third-order valence-corrected chi connectivity index (χ3v) is 3.31. The summed E-state index contributed by atoms with van der Waals surface area (Å²) in [6.07, 6.45) is 3.65. The van der Waals surface area contributed by atoms with E-state index in [4.69, 9.17) is 11.6 Å². The first-order chi connectivity index (χ1) is 8.18. The molecule has 0 spiro atoms. The van der Waals surface area contributed by atoms with E-state index in [2.05, 4.69) is 10.3 Å². The molecule has 1 aliphatic heterocycles. The summed E-state index contributed by atoms with van der Waals surface area (Å²) in [6.45, 7) is 1.90. The lowest BCUT2D eigenvalue weighted by molar-refractivity contribution is 0.0702. The molecule has 1 aromatic rings. The van der Waals surface area contributed by atoms with Gasteiger partial charge in [-0.15, -0.1) is 0 Å². The molecule has 0 bridgehead atoms. The van der Waals surface area contributed by atoms with E-state index in [1.165, 1.54) is 6.20 Å². The summed E-state index contributed by atoms with van der Waals surface area (Å²) < 4.78 is 0. The second kappa shape index (κ2) is 5.47. The number of aromatic nitrogens is 1. The summed E-state index contributed by atoms with van der Waals surface area (Å²) in [5.41, 5.74) is 0.447. The Hall–Kier alpha value is -1.13. The van der Waals surface area contributed by atoms with Crippen LogP contribution in [0, 0.1) is 0 Å². The number of rotatable bonds is 2. The lowest BCUT2D eigenvalue weighted by atomic mass is 10.1. The summed E-state index contributed by atoms with van der Waals surface area (Å²) in [4.78, 5) is 18.0. The number of likely N-dealkylation sites (N-methyl/N-ethyl adjacent to an activating group) is 1. The van der Waals surface area contributed by atoms with Gasteiger partial charge in [-0.2, -0.15) is 0 Å². The number of pyridine rings is 1. The van der Waals surface area contributed by atoms with Crippen LogP contribution in [0.4, 0.5) is 0 Å². The van der Waals surface area contributed by atoms with Gasteiger partial charge >= 0.3 is 0 Å². The molecule has 1 fully saturated rings. The van der Waals surface area contributed by atoms with Crippen molar-refractivity contribution in [3.8, 4) is 0 Å². The number of hydrogen-bond acceptors (Lipinski definition) is 3. The molecule has 0 aromatic carbocycles. The molecule has 1 amide bonds. The standard InChI is InChI=1S/C12H16ClN3O/c1-16(10-3-2-6-14-8-10)12(17)11-5-4-9(13)7-15-11/h4-5,7,10,14H,2-3,6,8H2,1H3. The van der Waals surface area contributed by atoms with E-state index in [-0.39, 0.29) is 11.9 Å². The highest BCUT2D eigenvalue weighted by molar-refractivity contribution is 6.30. The maximum atomic E-state index is 12.1. The Bertz CT molecular complexity index is 387. The number of nitrogens with one attached hydrogen (secondary N) is 1. The van der Waals surface area contributed by atoms with Gasteiger partial charge in [-0.1, -0.05) is 11.6 Å². The molecule has 1 aliphatic rings. The molecule has 92 valence electrons. The summed E-state index contributed by atoms with van der Waals surface area (Å²) in [7, 11) is 1.83. The van der Waals surface area contributed by atoms with Crippen LogP contribution in [0.1, 0.15) is 23.3 Å². The number of amides is 1. The monoisotopic (exact) mass is 253 g/mol. The molecule has 1 unspecified atom stereocenters. The van der Waals surface area contributed by atoms with Crippen molar-refractivity contribution >= 4 is 17.5 Å². The van der Waals surface area contributed by atoms with Gasteiger partial charge in [0.1, 0.15) is 5.69 Å². The predicted octanol–water partition coefficient (Wildman–Crippen LogP) is 1.56. The topological polar surface area (TPSA) is 45.2 Å². The number of carbonyl (C=O) groups excluding carboxylic acids is 1. The molecule has 0 saturated carbocycles. The van der Waals surface area contributed by atoms with Gasteiger partial charge in [0.15, 0.2) is 0 Å². The number of piperidine rings is 1. The fourth-order valence-corrected chi connectivity index (χ4v) is 2.12. The maximum Gasteiger partial charge on any atom is 0.272 e. The minimum absolute atomic E-state index is 0.0460. The van der Waals surface area contributed by atoms with Crippen molar-refractivity contribution < 1.29 is 4.79 Å². The average molecular weight is 254 g/mol. The molecule has 4 nitrogen and oxygen atoms in total. The van der Waals surface area contributed by atoms with Gasteiger partial charge in [-0.05, 0) is 31.5 Å². The van der Waals surface area contributed by atoms with Gasteiger partial charge in [-0.25, -0.2) is 4.98 Å². The van der Waals surface area contributed by atoms with E-state index in [1.807, 2.05) is 7.05 Å². The van der Waals surface area contributed by atoms with Gasteiger partial charge in [0.05, 0.1) is 5.02 Å². The Morgan fingerprint density at radius 3 is 3.00 bits per heavy atom. The van der Waals surface area contributed by atoms with Crippen LogP contribution in [0.25, 0.3) is 0 Å². The van der Waals surface area contributed by atoms with Gasteiger partial charge in [0, 0.05) is 25.8 Å². The minimum atomic E-state index is -0.0460. The highest BCUT2D eigenvalue weighted by Crippen LogP contribution is 2.13. The fraction of sp³-hybridized carbons (Fsp3) is 0.500. The second-order valence-corrected chi connectivity index (χ2v) is 4.71. The molecule has 2 heterocycles. The molecular weight excluding hydrogens is 238 g/mol. The first-order valence-electron chi connectivity index (χ1n) is 5.78. The van der Waals surface area contributed by atoms with Crippen LogP contribution < -0.4 is 5.32 Å². The average Bonchev–Trinajstić information content (AvgIpc) is 2.39. The van der Waals surface area contributed by atoms with Crippen molar-refractivity contribution in [3.63, 3.8) is 0 Å². The number of hydrogen-bond donors (Lipinski definition) is 1. The third-order valence-electron chi connectivity index (χ3n) is 3.09. The van der Waals surface area contributed by atoms with Crippen LogP contribution >= 0.6 is 11.6 Å². The Labute approximate surface area is 106 Å². The van der Waals surface area contributed by atoms with Gasteiger partial charge in [0.25, 0.3) is 5.91 Å². The van der Waals surface area contributed by atoms with Crippen LogP contribution in [0.5, 0.6) is 0 Å². The van der Waals surface area contributed by atoms with Crippen molar-refractivity contribution in [2.45, 2.75) is 18.9 Å². The lowest BCUT2D eigenvalue weighted by Crippen LogP contribution is -2.46. The van der Waals surface area contributed by atoms with Crippen LogP contribution in [0.2, 0.25) is 5.02 Å². The molecule has 5 heteroatoms. The first-order valence-corrected chi connectivity index (χ1v) is 6.15. The van der Waals surface area contributed by atoms with E-state index >= 15 is 0 Å². The maximum absolute atomic E-state index is 12.1. The smallest absolute Gasteiger partial charge is 0.272 e. The van der Waals surface area contributed by atoms with Crippen molar-refractivity contribution in [1.29, 1.82) is 0 Å². The summed E-state index contributed by atoms with van der Waals surface area (Å²) >= 11 is 5.75. The van der Waals surface area contributed by atoms with Gasteiger partial charge in [-0.3, -0.25) is 4.79 Å². The first kappa shape index (κ1) is 12.3. The molecule has 1 saturated heterocycles. The zero-order valence-corrected chi connectivity index (χ0v) is 10.6. The highest BCUT2D eigenvalue weighted by Gasteiger charge is 2.23. The molecule has 1 aromatic heterocycles.